The lowest BCUT2D eigenvalue weighted by Gasteiger charge is -2.26. The van der Waals surface area contributed by atoms with Gasteiger partial charge < -0.3 is 29.0 Å². The lowest BCUT2D eigenvalue weighted by atomic mass is 9.93. The number of carbonyl (C=O) groups is 1. The van der Waals surface area contributed by atoms with E-state index in [9.17, 15) is 31.1 Å². The minimum absolute atomic E-state index is 0.0365. The van der Waals surface area contributed by atoms with Crippen LogP contribution in [0.5, 0.6) is 23.0 Å². The third-order valence-electron chi connectivity index (χ3n) is 7.95. The Labute approximate surface area is 297 Å². The van der Waals surface area contributed by atoms with Gasteiger partial charge in [0.2, 0.25) is 5.95 Å². The Hall–Kier alpha value is -5.21. The molecule has 9 nitrogen and oxygen atoms in total. The first-order chi connectivity index (χ1) is 24.5. The van der Waals surface area contributed by atoms with Crippen molar-refractivity contribution in [3.05, 3.63) is 88.7 Å². The molecule has 0 amide bonds. The standard InChI is InChI=1S/C37H39F6N3O6/c1-6-51-33-17-29(30-14-24(22(2)3)9-10-31(30)49-4)25(15-32(33)50-5)21-46(35-44-18-28(19-45-35)52-11-7-8-34(47)48)20-23-12-26(36(38,39)40)16-27(13-23)37(41,42)43/h9-10,12-19,22H,6-8,11,20-21H2,1-5H3,(H,47,48). The van der Waals surface area contributed by atoms with Crippen LogP contribution in [0.2, 0.25) is 0 Å². The molecule has 0 saturated heterocycles. The van der Waals surface area contributed by atoms with Gasteiger partial charge in [0.15, 0.2) is 17.2 Å². The van der Waals surface area contributed by atoms with Gasteiger partial charge in [-0.25, -0.2) is 9.97 Å². The normalized spacial score (nSPS) is 11.8. The van der Waals surface area contributed by atoms with E-state index in [1.807, 2.05) is 32.0 Å². The summed E-state index contributed by atoms with van der Waals surface area (Å²) in [5, 5.41) is 8.88. The Morgan fingerprint density at radius 2 is 1.44 bits per heavy atom. The molecule has 15 heteroatoms. The van der Waals surface area contributed by atoms with E-state index >= 15 is 0 Å². The fourth-order valence-corrected chi connectivity index (χ4v) is 5.40. The molecule has 3 aromatic carbocycles. The summed E-state index contributed by atoms with van der Waals surface area (Å²) in [6, 6.07) is 10.5. The average molecular weight is 736 g/mol. The van der Waals surface area contributed by atoms with Crippen molar-refractivity contribution >= 4 is 11.9 Å². The molecule has 0 bridgehead atoms. The van der Waals surface area contributed by atoms with Crippen LogP contribution >= 0.6 is 0 Å². The summed E-state index contributed by atoms with van der Waals surface area (Å²) in [5.74, 6) is 0.545. The van der Waals surface area contributed by atoms with Crippen LogP contribution in [0.1, 0.15) is 67.3 Å². The number of methoxy groups -OCH3 is 2. The van der Waals surface area contributed by atoms with Crippen LogP contribution < -0.4 is 23.8 Å². The molecule has 0 aliphatic carbocycles. The van der Waals surface area contributed by atoms with Gasteiger partial charge in [0.25, 0.3) is 0 Å². The van der Waals surface area contributed by atoms with Gasteiger partial charge in [-0.15, -0.1) is 0 Å². The summed E-state index contributed by atoms with van der Waals surface area (Å²) < 4.78 is 106. The van der Waals surface area contributed by atoms with Crippen molar-refractivity contribution < 1.29 is 55.2 Å². The number of rotatable bonds is 16. The second-order valence-corrected chi connectivity index (χ2v) is 12.0. The number of aliphatic carboxylic acids is 1. The number of aromatic nitrogens is 2. The number of hydrogen-bond acceptors (Lipinski definition) is 8. The summed E-state index contributed by atoms with van der Waals surface area (Å²) in [7, 11) is 2.95. The predicted octanol–water partition coefficient (Wildman–Crippen LogP) is 9.17. The molecule has 4 rings (SSSR count). The summed E-state index contributed by atoms with van der Waals surface area (Å²) in [6.45, 7) is 5.61. The van der Waals surface area contributed by atoms with Crippen molar-refractivity contribution in [2.24, 2.45) is 0 Å². The Kier molecular flexibility index (Phi) is 12.8. The summed E-state index contributed by atoms with van der Waals surface area (Å²) in [5.41, 5.74) is -0.412. The minimum atomic E-state index is -5.05. The van der Waals surface area contributed by atoms with Crippen molar-refractivity contribution in [3.8, 4) is 34.1 Å². The zero-order chi connectivity index (χ0) is 38.2. The van der Waals surface area contributed by atoms with E-state index in [0.717, 1.165) is 5.56 Å². The number of carboxylic acids is 1. The molecule has 0 aliphatic heterocycles. The maximum atomic E-state index is 13.9. The highest BCUT2D eigenvalue weighted by Gasteiger charge is 2.37. The molecule has 1 heterocycles. The predicted molar refractivity (Wildman–Crippen MR) is 181 cm³/mol. The van der Waals surface area contributed by atoms with Crippen LogP contribution in [-0.2, 0) is 30.2 Å². The van der Waals surface area contributed by atoms with Gasteiger partial charge in [-0.3, -0.25) is 4.79 Å². The molecule has 280 valence electrons. The third-order valence-corrected chi connectivity index (χ3v) is 7.95. The SMILES string of the molecule is CCOc1cc(-c2cc(C(C)C)ccc2OC)c(CN(Cc2cc(C(F)(F)F)cc(C(F)(F)F)c2)c2ncc(OCCCC(=O)O)cn2)cc1OC. The zero-order valence-corrected chi connectivity index (χ0v) is 29.2. The molecular weight excluding hydrogens is 696 g/mol. The Morgan fingerprint density at radius 3 is 1.98 bits per heavy atom. The Bertz CT molecular complexity index is 1800. The van der Waals surface area contributed by atoms with E-state index in [1.54, 1.807) is 19.1 Å². The maximum absolute atomic E-state index is 13.9. The lowest BCUT2D eigenvalue weighted by Crippen LogP contribution is -2.25. The van der Waals surface area contributed by atoms with E-state index in [-0.39, 0.29) is 55.2 Å². The van der Waals surface area contributed by atoms with Crippen LogP contribution in [0.15, 0.2) is 60.9 Å². The van der Waals surface area contributed by atoms with Gasteiger partial charge in [0.1, 0.15) is 5.75 Å². The van der Waals surface area contributed by atoms with E-state index in [2.05, 4.69) is 9.97 Å². The molecule has 0 fully saturated rings. The molecule has 1 aromatic heterocycles. The van der Waals surface area contributed by atoms with Gasteiger partial charge in [-0.05, 0) is 84.0 Å². The zero-order valence-electron chi connectivity index (χ0n) is 29.2. The van der Waals surface area contributed by atoms with Crippen molar-refractivity contribution in [2.75, 3.05) is 32.3 Å². The first-order valence-corrected chi connectivity index (χ1v) is 16.3. The minimum Gasteiger partial charge on any atom is -0.496 e. The third kappa shape index (κ3) is 10.2. The highest BCUT2D eigenvalue weighted by atomic mass is 19.4. The van der Waals surface area contributed by atoms with Crippen LogP contribution in [0.3, 0.4) is 0 Å². The molecule has 1 N–H and O–H groups in total. The second-order valence-electron chi connectivity index (χ2n) is 12.0. The molecule has 0 aliphatic rings. The van der Waals surface area contributed by atoms with Crippen LogP contribution in [0, 0.1) is 0 Å². The molecule has 0 saturated carbocycles. The summed E-state index contributed by atoms with van der Waals surface area (Å²) in [4.78, 5) is 20.9. The van der Waals surface area contributed by atoms with Gasteiger partial charge in [-0.1, -0.05) is 19.9 Å². The number of anilines is 1. The summed E-state index contributed by atoms with van der Waals surface area (Å²) >= 11 is 0. The monoisotopic (exact) mass is 735 g/mol. The lowest BCUT2D eigenvalue weighted by molar-refractivity contribution is -0.143. The fraction of sp³-hybridized carbons (Fsp3) is 0.378. The quantitative estimate of drug-likeness (QED) is 0.0892. The van der Waals surface area contributed by atoms with E-state index < -0.39 is 36.0 Å². The molecule has 0 atom stereocenters. The molecule has 0 unspecified atom stereocenters. The van der Waals surface area contributed by atoms with Gasteiger partial charge in [0, 0.05) is 25.1 Å². The number of nitrogens with zero attached hydrogens (tertiary/aromatic N) is 3. The van der Waals surface area contributed by atoms with E-state index in [0.29, 0.717) is 52.7 Å². The van der Waals surface area contributed by atoms with Crippen molar-refractivity contribution in [1.82, 2.24) is 9.97 Å². The highest BCUT2D eigenvalue weighted by molar-refractivity contribution is 5.77. The number of carboxylic acid groups (broad SMARTS) is 1. The van der Waals surface area contributed by atoms with Crippen LogP contribution in [-0.4, -0.2) is 48.5 Å². The fourth-order valence-electron chi connectivity index (χ4n) is 5.40. The number of ether oxygens (including phenoxy) is 4. The number of benzene rings is 3. The largest absolute Gasteiger partial charge is 0.496 e. The molecular formula is C37H39F6N3O6. The molecule has 0 spiro atoms. The second kappa shape index (κ2) is 16.9. The van der Waals surface area contributed by atoms with Crippen LogP contribution in [0.4, 0.5) is 32.3 Å². The average Bonchev–Trinajstić information content (AvgIpc) is 3.09. The van der Waals surface area contributed by atoms with Gasteiger partial charge in [0.05, 0.1) is 51.0 Å². The number of hydrogen-bond donors (Lipinski definition) is 1. The first kappa shape index (κ1) is 39.6. The number of alkyl halides is 6. The van der Waals surface area contributed by atoms with Crippen molar-refractivity contribution in [2.45, 2.75) is 65.0 Å². The smallest absolute Gasteiger partial charge is 0.416 e. The molecule has 0 radical (unpaired) electrons. The summed E-state index contributed by atoms with van der Waals surface area (Å²) in [6.07, 6.45) is -7.43. The highest BCUT2D eigenvalue weighted by Crippen LogP contribution is 2.42. The Balaban J connectivity index is 1.89. The van der Waals surface area contributed by atoms with E-state index in [4.69, 9.17) is 24.1 Å². The first-order valence-electron chi connectivity index (χ1n) is 16.3. The van der Waals surface area contributed by atoms with Gasteiger partial charge in [-0.2, -0.15) is 26.3 Å². The molecule has 52 heavy (non-hydrogen) atoms. The van der Waals surface area contributed by atoms with Crippen molar-refractivity contribution in [3.63, 3.8) is 0 Å². The van der Waals surface area contributed by atoms with Gasteiger partial charge >= 0.3 is 18.3 Å². The van der Waals surface area contributed by atoms with E-state index in [1.165, 1.54) is 31.5 Å². The van der Waals surface area contributed by atoms with Crippen molar-refractivity contribution in [1.29, 1.82) is 0 Å². The topological polar surface area (TPSA) is 103 Å². The van der Waals surface area contributed by atoms with Crippen LogP contribution in [0.25, 0.3) is 11.1 Å². The molecule has 4 aromatic rings. The maximum Gasteiger partial charge on any atom is 0.416 e. The Morgan fingerprint density at radius 1 is 0.808 bits per heavy atom. The number of halogens is 6.